The molecule has 0 aliphatic carbocycles. The number of rotatable bonds is 12. The van der Waals surface area contributed by atoms with Crippen LogP contribution in [0.4, 0.5) is 0 Å². The number of hydrogen-bond donors (Lipinski definition) is 2. The van der Waals surface area contributed by atoms with Gasteiger partial charge in [0.15, 0.2) is 0 Å². The van der Waals surface area contributed by atoms with Crippen LogP contribution < -0.4 is 0 Å². The number of carboxylic acid groups (broad SMARTS) is 2. The Labute approximate surface area is 132 Å². The second-order valence-electron chi connectivity index (χ2n) is 4.11. The molecule has 2 N–H and O–H groups in total. The maximum Gasteiger partial charge on any atom is 0.308 e. The highest BCUT2D eigenvalue weighted by atomic mass is 16.8. The fraction of sp³-hybridized carbons (Fsp3) is 0.429. The fourth-order valence-corrected chi connectivity index (χ4v) is 1.19. The summed E-state index contributed by atoms with van der Waals surface area (Å²) in [4.78, 5) is 43.4. The first-order chi connectivity index (χ1) is 10.8. The van der Waals surface area contributed by atoms with E-state index >= 15 is 0 Å². The average Bonchev–Trinajstić information content (AvgIpc) is 2.49. The van der Waals surface area contributed by atoms with Gasteiger partial charge < -0.3 is 19.7 Å². The van der Waals surface area contributed by atoms with Crippen molar-refractivity contribution < 1.29 is 43.6 Å². The monoisotopic (exact) mass is 330 g/mol. The Morgan fingerprint density at radius 2 is 1.13 bits per heavy atom. The maximum atomic E-state index is 11.4. The number of carbonyl (C=O) groups is 4. The topological polar surface area (TPSA) is 136 Å². The Morgan fingerprint density at radius 1 is 0.783 bits per heavy atom. The normalized spacial score (nSPS) is 12.5. The number of carbonyl (C=O) groups excluding carboxylic acids is 2. The van der Waals surface area contributed by atoms with Crippen molar-refractivity contribution in [2.24, 2.45) is 0 Å². The van der Waals surface area contributed by atoms with E-state index in [9.17, 15) is 19.2 Å². The van der Waals surface area contributed by atoms with E-state index in [1.165, 1.54) is 0 Å². The van der Waals surface area contributed by atoms with Gasteiger partial charge in [-0.15, -0.1) is 0 Å². The number of ether oxygens (including phenoxy) is 3. The molecule has 0 amide bonds. The lowest BCUT2D eigenvalue weighted by Crippen LogP contribution is -2.28. The summed E-state index contributed by atoms with van der Waals surface area (Å²) in [6.45, 7) is 6.73. The van der Waals surface area contributed by atoms with E-state index in [1.807, 2.05) is 0 Å². The third-order valence-electron chi connectivity index (χ3n) is 2.23. The lowest BCUT2D eigenvalue weighted by atomic mass is 10.3. The molecule has 0 bridgehead atoms. The van der Waals surface area contributed by atoms with E-state index in [1.54, 1.807) is 0 Å². The van der Waals surface area contributed by atoms with E-state index < -0.39 is 49.3 Å². The van der Waals surface area contributed by atoms with Crippen molar-refractivity contribution in [1.29, 1.82) is 0 Å². The molecule has 23 heavy (non-hydrogen) atoms. The van der Waals surface area contributed by atoms with Gasteiger partial charge in [-0.3, -0.25) is 23.9 Å². The van der Waals surface area contributed by atoms with Crippen molar-refractivity contribution >= 4 is 23.9 Å². The summed E-state index contributed by atoms with van der Waals surface area (Å²) in [6.07, 6.45) is -1.91. The molecule has 2 unspecified atom stereocenters. The minimum Gasteiger partial charge on any atom is -0.481 e. The SMILES string of the molecule is C=CC(OC(=O)CCC(=O)O)OC(C=C)OC(=O)CCC(=O)O. The Balaban J connectivity index is 4.39. The molecule has 0 aliphatic heterocycles. The predicted octanol–water partition coefficient (Wildman–Crippen LogP) is 0.843. The molecule has 9 heteroatoms. The molecule has 0 rings (SSSR count). The van der Waals surface area contributed by atoms with Crippen LogP contribution in [-0.2, 0) is 33.4 Å². The molecule has 0 aromatic carbocycles. The highest BCUT2D eigenvalue weighted by Crippen LogP contribution is 2.08. The number of carboxylic acids is 2. The van der Waals surface area contributed by atoms with Crippen LogP contribution in [0.3, 0.4) is 0 Å². The minimum atomic E-state index is -1.29. The molecule has 128 valence electrons. The Hall–Kier alpha value is -2.68. The zero-order chi connectivity index (χ0) is 17.8. The summed E-state index contributed by atoms with van der Waals surface area (Å²) in [5.74, 6) is -3.99. The molecule has 0 spiro atoms. The summed E-state index contributed by atoms with van der Waals surface area (Å²) in [6, 6.07) is 0. The summed E-state index contributed by atoms with van der Waals surface area (Å²) < 4.78 is 14.7. The van der Waals surface area contributed by atoms with Crippen LogP contribution in [0, 0.1) is 0 Å². The first kappa shape index (κ1) is 20.3. The van der Waals surface area contributed by atoms with Gasteiger partial charge in [0.25, 0.3) is 0 Å². The van der Waals surface area contributed by atoms with E-state index in [0.717, 1.165) is 12.2 Å². The molecule has 0 saturated carbocycles. The van der Waals surface area contributed by atoms with Crippen LogP contribution in [0.15, 0.2) is 25.3 Å². The summed E-state index contributed by atoms with van der Waals surface area (Å²) in [5.41, 5.74) is 0. The lowest BCUT2D eigenvalue weighted by molar-refractivity contribution is -0.212. The molecule has 0 aromatic heterocycles. The van der Waals surface area contributed by atoms with Crippen molar-refractivity contribution in [2.45, 2.75) is 38.3 Å². The Morgan fingerprint density at radius 3 is 1.39 bits per heavy atom. The van der Waals surface area contributed by atoms with Crippen LogP contribution in [0.2, 0.25) is 0 Å². The largest absolute Gasteiger partial charge is 0.481 e. The van der Waals surface area contributed by atoms with Gasteiger partial charge in [-0.25, -0.2) is 0 Å². The zero-order valence-corrected chi connectivity index (χ0v) is 12.3. The predicted molar refractivity (Wildman–Crippen MR) is 75.0 cm³/mol. The molecule has 0 saturated heterocycles. The third-order valence-corrected chi connectivity index (χ3v) is 2.23. The van der Waals surface area contributed by atoms with Crippen molar-refractivity contribution in [1.82, 2.24) is 0 Å². The van der Waals surface area contributed by atoms with Gasteiger partial charge in [-0.1, -0.05) is 13.2 Å². The van der Waals surface area contributed by atoms with Crippen LogP contribution >= 0.6 is 0 Å². The smallest absolute Gasteiger partial charge is 0.308 e. The lowest BCUT2D eigenvalue weighted by Gasteiger charge is -2.20. The molecular formula is C14H18O9. The minimum absolute atomic E-state index is 0.361. The van der Waals surface area contributed by atoms with Crippen LogP contribution in [0.1, 0.15) is 25.7 Å². The van der Waals surface area contributed by atoms with Crippen molar-refractivity contribution in [3.05, 3.63) is 25.3 Å². The molecule has 0 radical (unpaired) electrons. The van der Waals surface area contributed by atoms with Gasteiger partial charge in [0, 0.05) is 0 Å². The Kier molecular flexibility index (Phi) is 9.69. The van der Waals surface area contributed by atoms with Crippen molar-refractivity contribution in [3.63, 3.8) is 0 Å². The second-order valence-corrected chi connectivity index (χ2v) is 4.11. The van der Waals surface area contributed by atoms with Crippen LogP contribution in [-0.4, -0.2) is 46.7 Å². The maximum absolute atomic E-state index is 11.4. The Bertz CT molecular complexity index is 427. The first-order valence-corrected chi connectivity index (χ1v) is 6.51. The van der Waals surface area contributed by atoms with Gasteiger partial charge in [-0.2, -0.15) is 0 Å². The second kappa shape index (κ2) is 11.0. The van der Waals surface area contributed by atoms with Gasteiger partial charge >= 0.3 is 23.9 Å². The molecule has 9 nitrogen and oxygen atoms in total. The van der Waals surface area contributed by atoms with Gasteiger partial charge in [0.05, 0.1) is 25.7 Å². The van der Waals surface area contributed by atoms with Crippen molar-refractivity contribution in [2.75, 3.05) is 0 Å². The molecule has 0 aromatic rings. The number of hydrogen-bond acceptors (Lipinski definition) is 7. The summed E-state index contributed by atoms with van der Waals surface area (Å²) in [5, 5.41) is 16.9. The zero-order valence-electron chi connectivity index (χ0n) is 12.3. The quantitative estimate of drug-likeness (QED) is 0.303. The van der Waals surface area contributed by atoms with E-state index in [0.29, 0.717) is 0 Å². The van der Waals surface area contributed by atoms with Crippen LogP contribution in [0.5, 0.6) is 0 Å². The van der Waals surface area contributed by atoms with E-state index in [4.69, 9.17) is 24.4 Å². The van der Waals surface area contributed by atoms with Crippen LogP contribution in [0.25, 0.3) is 0 Å². The van der Waals surface area contributed by atoms with Crippen molar-refractivity contribution in [3.8, 4) is 0 Å². The van der Waals surface area contributed by atoms with E-state index in [-0.39, 0.29) is 12.8 Å². The first-order valence-electron chi connectivity index (χ1n) is 6.51. The number of aliphatic carboxylic acids is 2. The highest BCUT2D eigenvalue weighted by Gasteiger charge is 2.19. The average molecular weight is 330 g/mol. The molecule has 0 heterocycles. The highest BCUT2D eigenvalue weighted by molar-refractivity contribution is 5.77. The van der Waals surface area contributed by atoms with Gasteiger partial charge in [0.2, 0.25) is 12.6 Å². The van der Waals surface area contributed by atoms with Gasteiger partial charge in [-0.05, 0) is 12.2 Å². The number of esters is 2. The molecule has 0 fully saturated rings. The van der Waals surface area contributed by atoms with E-state index in [2.05, 4.69) is 13.2 Å². The molecule has 0 aliphatic rings. The molecule has 2 atom stereocenters. The third kappa shape index (κ3) is 10.7. The summed E-state index contributed by atoms with van der Waals surface area (Å²) >= 11 is 0. The van der Waals surface area contributed by atoms with Gasteiger partial charge in [0.1, 0.15) is 0 Å². The fourth-order valence-electron chi connectivity index (χ4n) is 1.19. The standard InChI is InChI=1S/C14H18O9/c1-3-13(21-11(19)7-5-9(15)16)23-14(4-2)22-12(20)8-6-10(17)18/h3-4,13-14H,1-2,5-8H2,(H,15,16)(H,17,18). The molecular weight excluding hydrogens is 312 g/mol. The summed E-state index contributed by atoms with van der Waals surface area (Å²) in [7, 11) is 0.